The number of imide groups is 1. The number of hydrogen-bond acceptors (Lipinski definition) is 8. The zero-order valence-electron chi connectivity index (χ0n) is 28.7. The first-order valence-electron chi connectivity index (χ1n) is 17.8. The molecule has 4 aliphatic carbocycles. The molecule has 4 bridgehead atoms. The fourth-order valence-electron chi connectivity index (χ4n) is 9.05. The Morgan fingerprint density at radius 3 is 2.42 bits per heavy atom. The number of esters is 1. The molecule has 266 valence electrons. The van der Waals surface area contributed by atoms with Crippen LogP contribution in [0.15, 0.2) is 35.2 Å². The quantitative estimate of drug-likeness (QED) is 0.113. The van der Waals surface area contributed by atoms with Gasteiger partial charge in [-0.2, -0.15) is 0 Å². The predicted molar refractivity (Wildman–Crippen MR) is 203 cm³/mol. The number of amides is 4. The van der Waals surface area contributed by atoms with Gasteiger partial charge in [-0.25, -0.2) is 9.59 Å². The molecule has 6 aliphatic rings. The molecule has 4 amide bonds. The number of carbonyl (C=O) groups is 4. The number of nitrogens with zero attached hydrogens (tertiary/aromatic N) is 2. The van der Waals surface area contributed by atoms with Crippen molar-refractivity contribution in [3.05, 3.63) is 50.7 Å². The van der Waals surface area contributed by atoms with Crippen molar-refractivity contribution in [2.24, 2.45) is 23.7 Å². The van der Waals surface area contributed by atoms with Gasteiger partial charge in [-0.05, 0) is 138 Å². The summed E-state index contributed by atoms with van der Waals surface area (Å²) in [6.07, 6.45) is 11.4. The standard InChI is InChI=1S/C38H44ClN3O5S3/c1-38(2,3)42-32(43)19-28(40-36(42)46)35(45)47-11-6-4-5-8-24-18-29(23-9-7-10-27(39)17-23)49-30(24)20-31-34(44)41(37(48)50-31)33-25-13-21-12-22(15-25)16-26(33)14-21/h7,9-10,17-18,20-22,25-26,28,33H,4-6,8,11-16,19H2,1-3H3,(H,40,46)/t21?,22?,25?,26?,28-,33?/m0/s1. The lowest BCUT2D eigenvalue weighted by molar-refractivity contribution is -0.150. The number of carbonyl (C=O) groups excluding carboxylic acids is 4. The van der Waals surface area contributed by atoms with E-state index in [4.69, 9.17) is 28.6 Å². The number of thiocarbonyl (C=S) groups is 1. The molecule has 1 aromatic carbocycles. The summed E-state index contributed by atoms with van der Waals surface area (Å²) in [6, 6.07) is 8.72. The normalized spacial score (nSPS) is 28.6. The van der Waals surface area contributed by atoms with Gasteiger partial charge in [0.25, 0.3) is 5.91 Å². The first-order valence-corrected chi connectivity index (χ1v) is 20.2. The number of nitrogens with one attached hydrogen (secondary N) is 1. The molecule has 3 heterocycles. The second-order valence-electron chi connectivity index (χ2n) is 15.6. The maximum Gasteiger partial charge on any atom is 0.329 e. The van der Waals surface area contributed by atoms with Crippen LogP contribution >= 0.6 is 46.9 Å². The highest BCUT2D eigenvalue weighted by molar-refractivity contribution is 8.26. The Kier molecular flexibility index (Phi) is 10.2. The summed E-state index contributed by atoms with van der Waals surface area (Å²) in [5.41, 5.74) is 1.53. The Morgan fingerprint density at radius 1 is 1.04 bits per heavy atom. The molecule has 1 N–H and O–H groups in total. The summed E-state index contributed by atoms with van der Waals surface area (Å²) >= 11 is 15.3. The van der Waals surface area contributed by atoms with Crippen LogP contribution in [0.4, 0.5) is 4.79 Å². The van der Waals surface area contributed by atoms with Gasteiger partial charge < -0.3 is 10.1 Å². The van der Waals surface area contributed by atoms with Crippen molar-refractivity contribution in [2.75, 3.05) is 6.61 Å². The molecule has 2 aromatic rings. The molecule has 50 heavy (non-hydrogen) atoms. The minimum Gasteiger partial charge on any atom is -0.464 e. The summed E-state index contributed by atoms with van der Waals surface area (Å²) < 4.78 is 6.15. The second-order valence-corrected chi connectivity index (χ2v) is 18.8. The molecule has 8 nitrogen and oxygen atoms in total. The summed E-state index contributed by atoms with van der Waals surface area (Å²) in [5, 5.41) is 3.29. The number of aryl methyl sites for hydroxylation is 1. The molecule has 2 aliphatic heterocycles. The van der Waals surface area contributed by atoms with E-state index in [1.54, 1.807) is 32.1 Å². The molecule has 4 saturated carbocycles. The number of rotatable bonds is 10. The Balaban J connectivity index is 0.984. The summed E-state index contributed by atoms with van der Waals surface area (Å²) in [7, 11) is 0. The lowest BCUT2D eigenvalue weighted by atomic mass is 9.54. The van der Waals surface area contributed by atoms with Gasteiger partial charge in [0.1, 0.15) is 10.4 Å². The van der Waals surface area contributed by atoms with Crippen molar-refractivity contribution in [3.63, 3.8) is 0 Å². The average molecular weight is 754 g/mol. The lowest BCUT2D eigenvalue weighted by Crippen LogP contribution is -2.62. The molecule has 1 atom stereocenters. The summed E-state index contributed by atoms with van der Waals surface area (Å²) in [5.74, 6) is 1.89. The highest BCUT2D eigenvalue weighted by Crippen LogP contribution is 2.56. The first-order chi connectivity index (χ1) is 23.9. The molecule has 12 heteroatoms. The van der Waals surface area contributed by atoms with E-state index in [0.29, 0.717) is 32.5 Å². The van der Waals surface area contributed by atoms with E-state index in [1.165, 1.54) is 43.9 Å². The van der Waals surface area contributed by atoms with Crippen LogP contribution in [0.3, 0.4) is 0 Å². The molecule has 0 spiro atoms. The number of urea groups is 1. The van der Waals surface area contributed by atoms with Crippen molar-refractivity contribution in [2.45, 2.75) is 103 Å². The number of unbranched alkanes of at least 4 members (excludes halogenated alkanes) is 2. The van der Waals surface area contributed by atoms with Gasteiger partial charge in [0, 0.05) is 26.4 Å². The van der Waals surface area contributed by atoms with E-state index in [9.17, 15) is 19.2 Å². The third-order valence-electron chi connectivity index (χ3n) is 10.9. The van der Waals surface area contributed by atoms with Crippen molar-refractivity contribution >= 4 is 81.1 Å². The van der Waals surface area contributed by atoms with Gasteiger partial charge in [0.05, 0.1) is 17.9 Å². The number of halogens is 1. The van der Waals surface area contributed by atoms with Crippen LogP contribution in [-0.4, -0.2) is 62.2 Å². The van der Waals surface area contributed by atoms with Crippen LogP contribution in [0.2, 0.25) is 5.02 Å². The monoisotopic (exact) mass is 753 g/mol. The Morgan fingerprint density at radius 2 is 1.76 bits per heavy atom. The van der Waals surface area contributed by atoms with E-state index >= 15 is 0 Å². The third-order valence-corrected chi connectivity index (χ3v) is 13.7. The third kappa shape index (κ3) is 7.30. The van der Waals surface area contributed by atoms with Gasteiger partial charge in [-0.15, -0.1) is 11.3 Å². The van der Waals surface area contributed by atoms with E-state index in [1.807, 2.05) is 29.2 Å². The smallest absolute Gasteiger partial charge is 0.329 e. The largest absolute Gasteiger partial charge is 0.464 e. The number of thiophene rings is 1. The Bertz CT molecular complexity index is 1700. The number of hydrogen-bond donors (Lipinski definition) is 1. The van der Waals surface area contributed by atoms with Gasteiger partial charge in [-0.3, -0.25) is 19.4 Å². The van der Waals surface area contributed by atoms with Crippen LogP contribution in [0.5, 0.6) is 0 Å². The lowest BCUT2D eigenvalue weighted by Gasteiger charge is -2.56. The zero-order valence-corrected chi connectivity index (χ0v) is 32.0. The van der Waals surface area contributed by atoms with Crippen LogP contribution in [0, 0.1) is 23.7 Å². The molecule has 6 fully saturated rings. The van der Waals surface area contributed by atoms with Crippen LogP contribution in [0.1, 0.15) is 89.0 Å². The van der Waals surface area contributed by atoms with Crippen LogP contribution in [-0.2, 0) is 25.5 Å². The van der Waals surface area contributed by atoms with Gasteiger partial charge in [0.15, 0.2) is 0 Å². The molecule has 0 radical (unpaired) electrons. The van der Waals surface area contributed by atoms with E-state index in [0.717, 1.165) is 56.9 Å². The second kappa shape index (κ2) is 14.4. The topological polar surface area (TPSA) is 96.0 Å². The minimum absolute atomic E-state index is 0.0601. The van der Waals surface area contributed by atoms with Crippen molar-refractivity contribution in [3.8, 4) is 10.4 Å². The van der Waals surface area contributed by atoms with Crippen LogP contribution < -0.4 is 5.32 Å². The highest BCUT2D eigenvalue weighted by Gasteiger charge is 2.53. The number of benzene rings is 1. The molecule has 2 saturated heterocycles. The molecule has 8 rings (SSSR count). The molecule has 0 unspecified atom stereocenters. The maximum absolute atomic E-state index is 14.0. The first kappa shape index (κ1) is 35.7. The SMILES string of the molecule is CC(C)(C)N1C(=O)C[C@@H](C(=O)OCCCCCc2cc(-c3cccc(Cl)c3)sc2C=C2SC(=S)N(C3C4CC5CC(C4)CC3C5)C2=O)NC1=O. The van der Waals surface area contributed by atoms with Crippen molar-refractivity contribution in [1.29, 1.82) is 0 Å². The summed E-state index contributed by atoms with van der Waals surface area (Å²) in [6.45, 7) is 5.53. The van der Waals surface area contributed by atoms with Crippen molar-refractivity contribution < 1.29 is 23.9 Å². The zero-order chi connectivity index (χ0) is 35.3. The highest BCUT2D eigenvalue weighted by atomic mass is 35.5. The predicted octanol–water partition coefficient (Wildman–Crippen LogP) is 8.46. The van der Waals surface area contributed by atoms with Gasteiger partial charge >= 0.3 is 12.0 Å². The van der Waals surface area contributed by atoms with E-state index < -0.39 is 23.6 Å². The fraction of sp³-hybridized carbons (Fsp3) is 0.553. The van der Waals surface area contributed by atoms with E-state index in [2.05, 4.69) is 17.4 Å². The van der Waals surface area contributed by atoms with Gasteiger partial charge in [-0.1, -0.05) is 47.7 Å². The van der Waals surface area contributed by atoms with E-state index in [-0.39, 0.29) is 30.9 Å². The Hall–Kier alpha value is -2.73. The average Bonchev–Trinajstić information content (AvgIpc) is 3.56. The fourth-order valence-corrected chi connectivity index (χ4v) is 11.8. The molecular weight excluding hydrogens is 710 g/mol. The minimum atomic E-state index is -0.969. The maximum atomic E-state index is 14.0. The Labute approximate surface area is 312 Å². The number of thioether (sulfide) groups is 1. The van der Waals surface area contributed by atoms with Crippen LogP contribution in [0.25, 0.3) is 16.5 Å². The number of ether oxygens (including phenoxy) is 1. The summed E-state index contributed by atoms with van der Waals surface area (Å²) in [4.78, 5) is 57.7. The van der Waals surface area contributed by atoms with Crippen molar-refractivity contribution in [1.82, 2.24) is 15.1 Å². The van der Waals surface area contributed by atoms with Gasteiger partial charge in [0.2, 0.25) is 5.91 Å². The molecule has 1 aromatic heterocycles. The molecular formula is C38H44ClN3O5S3.